The lowest BCUT2D eigenvalue weighted by molar-refractivity contribution is -0.140. The topological polar surface area (TPSA) is 92.8 Å². The van der Waals surface area contributed by atoms with Gasteiger partial charge in [-0.15, -0.1) is 0 Å². The van der Waals surface area contributed by atoms with Gasteiger partial charge in [0.05, 0.1) is 24.8 Å². The molecule has 2 rings (SSSR count). The van der Waals surface area contributed by atoms with Gasteiger partial charge in [0, 0.05) is 19.5 Å². The number of sulfonamides is 1. The van der Waals surface area contributed by atoms with Crippen molar-refractivity contribution in [1.29, 1.82) is 0 Å². The number of ether oxygens (including phenoxy) is 1. The average Bonchev–Trinajstić information content (AvgIpc) is 2.80. The van der Waals surface area contributed by atoms with Gasteiger partial charge in [-0.3, -0.25) is 9.59 Å². The maximum Gasteiger partial charge on any atom is 0.305 e. The van der Waals surface area contributed by atoms with E-state index in [1.54, 1.807) is 0 Å². The molecule has 2 aliphatic heterocycles. The molecule has 0 radical (unpaired) electrons. The SMILES string of the molecule is COC(=O)CCCS(=O)(=O)N1CCCC2C(=O)NCC21. The van der Waals surface area contributed by atoms with E-state index in [9.17, 15) is 18.0 Å². The molecule has 1 N–H and O–H groups in total. The second kappa shape index (κ2) is 6.09. The Balaban J connectivity index is 1.98. The highest BCUT2D eigenvalue weighted by Crippen LogP contribution is 2.29. The van der Waals surface area contributed by atoms with Crippen molar-refractivity contribution < 1.29 is 22.7 Å². The molecule has 0 aliphatic carbocycles. The number of amides is 1. The number of piperidine rings is 1. The molecule has 2 fully saturated rings. The van der Waals surface area contributed by atoms with E-state index in [2.05, 4.69) is 10.1 Å². The van der Waals surface area contributed by atoms with E-state index in [4.69, 9.17) is 0 Å². The van der Waals surface area contributed by atoms with Crippen molar-refractivity contribution in [3.63, 3.8) is 0 Å². The smallest absolute Gasteiger partial charge is 0.305 e. The van der Waals surface area contributed by atoms with Crippen LogP contribution in [0, 0.1) is 5.92 Å². The van der Waals surface area contributed by atoms with Crippen LogP contribution in [-0.4, -0.2) is 56.6 Å². The zero-order chi connectivity index (χ0) is 14.8. The van der Waals surface area contributed by atoms with E-state index >= 15 is 0 Å². The average molecular weight is 304 g/mol. The van der Waals surface area contributed by atoms with Crippen molar-refractivity contribution in [1.82, 2.24) is 9.62 Å². The Morgan fingerprint density at radius 2 is 2.25 bits per heavy atom. The van der Waals surface area contributed by atoms with Crippen LogP contribution in [0.25, 0.3) is 0 Å². The molecule has 2 saturated heterocycles. The van der Waals surface area contributed by atoms with E-state index in [1.807, 2.05) is 0 Å². The number of carbonyl (C=O) groups excluding carboxylic acids is 2. The molecule has 0 aromatic heterocycles. The molecule has 2 atom stereocenters. The largest absolute Gasteiger partial charge is 0.469 e. The minimum absolute atomic E-state index is 0.0514. The first-order valence-corrected chi connectivity index (χ1v) is 8.40. The number of carbonyl (C=O) groups is 2. The van der Waals surface area contributed by atoms with Crippen molar-refractivity contribution in [3.05, 3.63) is 0 Å². The second-order valence-corrected chi connectivity index (χ2v) is 7.21. The summed E-state index contributed by atoms with van der Waals surface area (Å²) in [6.45, 7) is 0.844. The molecule has 20 heavy (non-hydrogen) atoms. The van der Waals surface area contributed by atoms with Crippen LogP contribution in [0.4, 0.5) is 0 Å². The summed E-state index contributed by atoms with van der Waals surface area (Å²) in [5.41, 5.74) is 0. The molecule has 0 aromatic rings. The van der Waals surface area contributed by atoms with Gasteiger partial charge in [0.1, 0.15) is 0 Å². The highest BCUT2D eigenvalue weighted by atomic mass is 32.2. The Kier molecular flexibility index (Phi) is 4.64. The van der Waals surface area contributed by atoms with Crippen molar-refractivity contribution >= 4 is 21.9 Å². The number of fused-ring (bicyclic) bond motifs is 1. The maximum atomic E-state index is 12.3. The number of methoxy groups -OCH3 is 1. The summed E-state index contributed by atoms with van der Waals surface area (Å²) in [6, 6.07) is -0.264. The first-order valence-electron chi connectivity index (χ1n) is 6.80. The van der Waals surface area contributed by atoms with Crippen LogP contribution in [-0.2, 0) is 24.3 Å². The first kappa shape index (κ1) is 15.2. The fourth-order valence-electron chi connectivity index (χ4n) is 2.88. The van der Waals surface area contributed by atoms with Crippen molar-refractivity contribution in [2.75, 3.05) is 26.0 Å². The summed E-state index contributed by atoms with van der Waals surface area (Å²) in [5.74, 6) is -0.766. The molecule has 0 aromatic carbocycles. The third-order valence-electron chi connectivity index (χ3n) is 3.92. The lowest BCUT2D eigenvalue weighted by Crippen LogP contribution is -2.49. The van der Waals surface area contributed by atoms with Crippen LogP contribution in [0.1, 0.15) is 25.7 Å². The summed E-state index contributed by atoms with van der Waals surface area (Å²) < 4.78 is 30.6. The summed E-state index contributed by atoms with van der Waals surface area (Å²) in [7, 11) is -2.15. The minimum atomic E-state index is -3.43. The van der Waals surface area contributed by atoms with Gasteiger partial charge in [-0.1, -0.05) is 0 Å². The molecule has 114 valence electrons. The molecule has 2 unspecified atom stereocenters. The first-order chi connectivity index (χ1) is 9.45. The summed E-state index contributed by atoms with van der Waals surface area (Å²) >= 11 is 0. The van der Waals surface area contributed by atoms with Gasteiger partial charge in [-0.25, -0.2) is 8.42 Å². The fraction of sp³-hybridized carbons (Fsp3) is 0.833. The number of hydrogen-bond donors (Lipinski definition) is 1. The third kappa shape index (κ3) is 3.12. The molecular weight excluding hydrogens is 284 g/mol. The molecule has 0 bridgehead atoms. The van der Waals surface area contributed by atoms with Crippen LogP contribution in [0.5, 0.6) is 0 Å². The predicted octanol–water partition coefficient (Wildman–Crippen LogP) is -0.520. The van der Waals surface area contributed by atoms with Gasteiger partial charge < -0.3 is 10.1 Å². The van der Waals surface area contributed by atoms with Gasteiger partial charge in [0.25, 0.3) is 0 Å². The molecule has 8 heteroatoms. The molecule has 2 heterocycles. The Morgan fingerprint density at radius 1 is 1.50 bits per heavy atom. The van der Waals surface area contributed by atoms with Crippen molar-refractivity contribution in [2.24, 2.45) is 5.92 Å². The number of hydrogen-bond acceptors (Lipinski definition) is 5. The fourth-order valence-corrected chi connectivity index (χ4v) is 4.66. The maximum absolute atomic E-state index is 12.3. The number of nitrogens with zero attached hydrogens (tertiary/aromatic N) is 1. The van der Waals surface area contributed by atoms with Gasteiger partial charge in [-0.05, 0) is 19.3 Å². The van der Waals surface area contributed by atoms with Gasteiger partial charge in [0.2, 0.25) is 15.9 Å². The van der Waals surface area contributed by atoms with E-state index < -0.39 is 16.0 Å². The van der Waals surface area contributed by atoms with Crippen LogP contribution in [0.15, 0.2) is 0 Å². The number of rotatable bonds is 5. The van der Waals surface area contributed by atoms with Crippen LogP contribution in [0.2, 0.25) is 0 Å². The second-order valence-electron chi connectivity index (χ2n) is 5.17. The van der Waals surface area contributed by atoms with Gasteiger partial charge >= 0.3 is 5.97 Å². The Hall–Kier alpha value is -1.15. The summed E-state index contributed by atoms with van der Waals surface area (Å²) in [5, 5.41) is 2.73. The summed E-state index contributed by atoms with van der Waals surface area (Å²) in [6.07, 6.45) is 1.77. The Morgan fingerprint density at radius 3 is 2.95 bits per heavy atom. The van der Waals surface area contributed by atoms with Gasteiger partial charge in [-0.2, -0.15) is 4.31 Å². The summed E-state index contributed by atoms with van der Waals surface area (Å²) in [4.78, 5) is 22.6. The lowest BCUT2D eigenvalue weighted by Gasteiger charge is -2.34. The molecular formula is C12H20N2O5S. The molecule has 2 aliphatic rings. The zero-order valence-corrected chi connectivity index (χ0v) is 12.3. The Bertz CT molecular complexity index is 490. The Labute approximate surface area is 118 Å². The lowest BCUT2D eigenvalue weighted by atomic mass is 9.93. The number of esters is 1. The third-order valence-corrected chi connectivity index (χ3v) is 5.89. The van der Waals surface area contributed by atoms with E-state index in [0.717, 1.165) is 6.42 Å². The van der Waals surface area contributed by atoms with Crippen LogP contribution in [0.3, 0.4) is 0 Å². The number of nitrogens with one attached hydrogen (secondary N) is 1. The van der Waals surface area contributed by atoms with E-state index in [0.29, 0.717) is 19.5 Å². The van der Waals surface area contributed by atoms with Gasteiger partial charge in [0.15, 0.2) is 0 Å². The molecule has 1 amide bonds. The van der Waals surface area contributed by atoms with E-state index in [1.165, 1.54) is 11.4 Å². The van der Waals surface area contributed by atoms with E-state index in [-0.39, 0.29) is 36.5 Å². The molecule has 7 nitrogen and oxygen atoms in total. The standard InChI is InChI=1S/C12H20N2O5S/c1-19-11(15)5-3-7-20(17,18)14-6-2-4-9-10(14)8-13-12(9)16/h9-10H,2-8H2,1H3,(H,13,16). The molecule has 0 spiro atoms. The zero-order valence-electron chi connectivity index (χ0n) is 11.5. The van der Waals surface area contributed by atoms with Crippen LogP contribution >= 0.6 is 0 Å². The van der Waals surface area contributed by atoms with Crippen LogP contribution < -0.4 is 5.32 Å². The van der Waals surface area contributed by atoms with Crippen molar-refractivity contribution in [3.8, 4) is 0 Å². The normalized spacial score (nSPS) is 26.9. The molecule has 0 saturated carbocycles. The minimum Gasteiger partial charge on any atom is -0.469 e. The highest BCUT2D eigenvalue weighted by Gasteiger charge is 2.44. The highest BCUT2D eigenvalue weighted by molar-refractivity contribution is 7.89. The van der Waals surface area contributed by atoms with Crippen molar-refractivity contribution in [2.45, 2.75) is 31.7 Å². The quantitative estimate of drug-likeness (QED) is 0.690. The predicted molar refractivity (Wildman–Crippen MR) is 71.3 cm³/mol. The monoisotopic (exact) mass is 304 g/mol.